The van der Waals surface area contributed by atoms with Gasteiger partial charge in [-0.1, -0.05) is 32.4 Å². The fraction of sp³-hybridized carbons (Fsp3) is 0.467. The molecular weight excluding hydrogens is 244 g/mol. The summed E-state index contributed by atoms with van der Waals surface area (Å²) in [7, 11) is 0. The number of esters is 2. The highest BCUT2D eigenvalue weighted by atomic mass is 16.5. The quantitative estimate of drug-likeness (QED) is 0.430. The lowest BCUT2D eigenvalue weighted by atomic mass is 10.2. The van der Waals surface area contributed by atoms with Crippen molar-refractivity contribution in [2.45, 2.75) is 39.5 Å². The average Bonchev–Trinajstić information content (AvgIpc) is 2.39. The minimum Gasteiger partial charge on any atom is -0.462 e. The molecule has 0 aromatic heterocycles. The molecule has 0 radical (unpaired) electrons. The lowest BCUT2D eigenvalue weighted by Crippen LogP contribution is -2.12. The van der Waals surface area contributed by atoms with Crippen molar-refractivity contribution in [3.05, 3.63) is 29.8 Å². The summed E-state index contributed by atoms with van der Waals surface area (Å²) in [6, 6.07) is 6.64. The number of carbonyl (C=O) groups excluding carboxylic acids is 2. The predicted octanol–water partition coefficient (Wildman–Crippen LogP) is 3.35. The number of rotatable bonds is 7. The van der Waals surface area contributed by atoms with Gasteiger partial charge in [-0.3, -0.25) is 4.79 Å². The lowest BCUT2D eigenvalue weighted by molar-refractivity contribution is -0.134. The molecule has 104 valence electrons. The highest BCUT2D eigenvalue weighted by Gasteiger charge is 2.15. The summed E-state index contributed by atoms with van der Waals surface area (Å²) in [5.41, 5.74) is 0.294. The fourth-order valence-electron chi connectivity index (χ4n) is 1.49. The fourth-order valence-corrected chi connectivity index (χ4v) is 1.49. The molecule has 19 heavy (non-hydrogen) atoms. The van der Waals surface area contributed by atoms with Crippen molar-refractivity contribution >= 4 is 11.9 Å². The van der Waals surface area contributed by atoms with Gasteiger partial charge < -0.3 is 9.47 Å². The SMILES string of the molecule is CCCCOC(=O)c1ccccc1OC(=O)CCC. The molecule has 0 heterocycles. The second-order valence-electron chi connectivity index (χ2n) is 4.21. The third kappa shape index (κ3) is 5.12. The molecule has 0 atom stereocenters. The molecular formula is C15H20O4. The average molecular weight is 264 g/mol. The van der Waals surface area contributed by atoms with Gasteiger partial charge >= 0.3 is 11.9 Å². The molecule has 0 N–H and O–H groups in total. The Morgan fingerprint density at radius 1 is 1.11 bits per heavy atom. The molecule has 0 amide bonds. The van der Waals surface area contributed by atoms with Crippen molar-refractivity contribution in [3.8, 4) is 5.75 Å². The third-order valence-corrected chi connectivity index (χ3v) is 2.52. The van der Waals surface area contributed by atoms with Gasteiger partial charge in [0.2, 0.25) is 0 Å². The summed E-state index contributed by atoms with van der Waals surface area (Å²) in [5.74, 6) is -0.521. The number of ether oxygens (including phenoxy) is 2. The van der Waals surface area contributed by atoms with Gasteiger partial charge in [0.15, 0.2) is 0 Å². The van der Waals surface area contributed by atoms with Crippen molar-refractivity contribution in [2.24, 2.45) is 0 Å². The van der Waals surface area contributed by atoms with Crippen LogP contribution in [0, 0.1) is 0 Å². The normalized spacial score (nSPS) is 10.0. The molecule has 0 aliphatic carbocycles. The monoisotopic (exact) mass is 264 g/mol. The van der Waals surface area contributed by atoms with E-state index in [-0.39, 0.29) is 11.7 Å². The van der Waals surface area contributed by atoms with Crippen LogP contribution in [0.1, 0.15) is 49.9 Å². The highest BCUT2D eigenvalue weighted by molar-refractivity contribution is 5.93. The van der Waals surface area contributed by atoms with Gasteiger partial charge in [-0.15, -0.1) is 0 Å². The van der Waals surface area contributed by atoms with Gasteiger partial charge in [0.05, 0.1) is 6.61 Å². The smallest absolute Gasteiger partial charge is 0.341 e. The molecule has 4 nitrogen and oxygen atoms in total. The Kier molecular flexibility index (Phi) is 6.64. The van der Waals surface area contributed by atoms with Crippen molar-refractivity contribution < 1.29 is 19.1 Å². The van der Waals surface area contributed by atoms with E-state index in [4.69, 9.17) is 9.47 Å². The van der Waals surface area contributed by atoms with E-state index in [1.54, 1.807) is 24.3 Å². The van der Waals surface area contributed by atoms with E-state index in [0.717, 1.165) is 12.8 Å². The molecule has 0 bridgehead atoms. The number of hydrogen-bond donors (Lipinski definition) is 0. The first-order valence-corrected chi connectivity index (χ1v) is 6.65. The highest BCUT2D eigenvalue weighted by Crippen LogP contribution is 2.19. The van der Waals surface area contributed by atoms with Gasteiger partial charge in [-0.05, 0) is 25.0 Å². The molecule has 1 aromatic carbocycles. The van der Waals surface area contributed by atoms with E-state index >= 15 is 0 Å². The van der Waals surface area contributed by atoms with Crippen molar-refractivity contribution in [1.82, 2.24) is 0 Å². The van der Waals surface area contributed by atoms with Gasteiger partial charge in [-0.2, -0.15) is 0 Å². The zero-order valence-corrected chi connectivity index (χ0v) is 11.5. The first-order valence-electron chi connectivity index (χ1n) is 6.65. The van der Waals surface area contributed by atoms with E-state index < -0.39 is 5.97 Å². The maximum absolute atomic E-state index is 11.9. The second-order valence-corrected chi connectivity index (χ2v) is 4.21. The van der Waals surface area contributed by atoms with Crippen LogP contribution in [0.15, 0.2) is 24.3 Å². The van der Waals surface area contributed by atoms with Gasteiger partial charge in [0.25, 0.3) is 0 Å². The Morgan fingerprint density at radius 3 is 2.53 bits per heavy atom. The van der Waals surface area contributed by atoms with Crippen LogP contribution in [0.25, 0.3) is 0 Å². The maximum atomic E-state index is 11.9. The van der Waals surface area contributed by atoms with Gasteiger partial charge in [0.1, 0.15) is 11.3 Å². The van der Waals surface area contributed by atoms with Crippen LogP contribution in [-0.2, 0) is 9.53 Å². The topological polar surface area (TPSA) is 52.6 Å². The summed E-state index contributed by atoms with van der Waals surface area (Å²) < 4.78 is 10.3. The number of benzene rings is 1. The zero-order valence-electron chi connectivity index (χ0n) is 11.5. The van der Waals surface area contributed by atoms with Gasteiger partial charge in [0, 0.05) is 6.42 Å². The summed E-state index contributed by atoms with van der Waals surface area (Å²) in [4.78, 5) is 23.3. The standard InChI is InChI=1S/C15H20O4/c1-3-5-11-18-15(17)12-9-6-7-10-13(12)19-14(16)8-4-2/h6-7,9-10H,3-5,8,11H2,1-2H3. The summed E-state index contributed by atoms with van der Waals surface area (Å²) in [6.07, 6.45) is 2.82. The van der Waals surface area contributed by atoms with Crippen LogP contribution in [0.3, 0.4) is 0 Å². The van der Waals surface area contributed by atoms with Crippen molar-refractivity contribution in [2.75, 3.05) is 6.61 Å². The Labute approximate surface area is 113 Å². The minimum absolute atomic E-state index is 0.266. The molecule has 0 unspecified atom stereocenters. The Morgan fingerprint density at radius 2 is 1.84 bits per heavy atom. The first-order chi connectivity index (χ1) is 9.19. The summed E-state index contributed by atoms with van der Waals surface area (Å²) in [6.45, 7) is 4.30. The van der Waals surface area contributed by atoms with E-state index in [1.807, 2.05) is 13.8 Å². The third-order valence-electron chi connectivity index (χ3n) is 2.52. The van der Waals surface area contributed by atoms with E-state index in [2.05, 4.69) is 0 Å². The Hall–Kier alpha value is -1.84. The number of para-hydroxylation sites is 1. The van der Waals surface area contributed by atoms with Crippen LogP contribution >= 0.6 is 0 Å². The minimum atomic E-state index is -0.451. The first kappa shape index (κ1) is 15.2. The van der Waals surface area contributed by atoms with Crippen LogP contribution < -0.4 is 4.74 Å². The van der Waals surface area contributed by atoms with E-state index in [9.17, 15) is 9.59 Å². The molecule has 4 heteroatoms. The Bertz CT molecular complexity index is 426. The number of hydrogen-bond acceptors (Lipinski definition) is 4. The summed E-state index contributed by atoms with van der Waals surface area (Å²) in [5, 5.41) is 0. The van der Waals surface area contributed by atoms with Crippen LogP contribution in [-0.4, -0.2) is 18.5 Å². The second kappa shape index (κ2) is 8.29. The Balaban J connectivity index is 2.72. The zero-order chi connectivity index (χ0) is 14.1. The van der Waals surface area contributed by atoms with E-state index in [1.165, 1.54) is 0 Å². The maximum Gasteiger partial charge on any atom is 0.341 e. The summed E-state index contributed by atoms with van der Waals surface area (Å²) >= 11 is 0. The lowest BCUT2D eigenvalue weighted by Gasteiger charge is -2.09. The molecule has 0 saturated carbocycles. The number of carbonyl (C=O) groups is 2. The largest absolute Gasteiger partial charge is 0.462 e. The van der Waals surface area contributed by atoms with Crippen LogP contribution in [0.5, 0.6) is 5.75 Å². The molecule has 0 aliphatic heterocycles. The van der Waals surface area contributed by atoms with E-state index in [0.29, 0.717) is 25.0 Å². The number of unbranched alkanes of at least 4 members (excludes halogenated alkanes) is 1. The molecule has 1 rings (SSSR count). The molecule has 0 saturated heterocycles. The van der Waals surface area contributed by atoms with Gasteiger partial charge in [-0.25, -0.2) is 4.79 Å². The molecule has 0 spiro atoms. The predicted molar refractivity (Wildman–Crippen MR) is 72.2 cm³/mol. The van der Waals surface area contributed by atoms with Crippen LogP contribution in [0.4, 0.5) is 0 Å². The van der Waals surface area contributed by atoms with Crippen molar-refractivity contribution in [1.29, 1.82) is 0 Å². The molecule has 1 aromatic rings. The van der Waals surface area contributed by atoms with Crippen LogP contribution in [0.2, 0.25) is 0 Å². The van der Waals surface area contributed by atoms with Crippen molar-refractivity contribution in [3.63, 3.8) is 0 Å². The molecule has 0 fully saturated rings. The molecule has 0 aliphatic rings.